The highest BCUT2D eigenvalue weighted by Crippen LogP contribution is 2.59. The van der Waals surface area contributed by atoms with Crippen LogP contribution in [0, 0.1) is 0 Å². The van der Waals surface area contributed by atoms with E-state index in [1.807, 2.05) is 6.07 Å². The van der Waals surface area contributed by atoms with Crippen molar-refractivity contribution >= 4 is 12.6 Å². The summed E-state index contributed by atoms with van der Waals surface area (Å²) >= 11 is 0. The highest BCUT2D eigenvalue weighted by atomic mass is 16.4. The van der Waals surface area contributed by atoms with E-state index in [0.717, 1.165) is 12.8 Å². The third-order valence-electron chi connectivity index (χ3n) is 19.7. The molecule has 3 aliphatic rings. The summed E-state index contributed by atoms with van der Waals surface area (Å²) in [4.78, 5) is 0. The molecule has 2 N–H and O–H groups in total. The van der Waals surface area contributed by atoms with Gasteiger partial charge in [-0.3, -0.25) is 0 Å². The lowest BCUT2D eigenvalue weighted by atomic mass is 9.68. The van der Waals surface area contributed by atoms with E-state index in [-0.39, 0.29) is 16.2 Å². The summed E-state index contributed by atoms with van der Waals surface area (Å²) in [6.07, 6.45) is 37.2. The predicted molar refractivity (Wildman–Crippen MR) is 338 cm³/mol. The first-order chi connectivity index (χ1) is 38.2. The molecule has 3 aliphatic carbocycles. The Hall–Kier alpha value is -4.70. The lowest BCUT2D eigenvalue weighted by molar-refractivity contribution is 0.400. The fourth-order valence-electron chi connectivity index (χ4n) is 15.5. The minimum Gasteiger partial charge on any atom is -0.423 e. The molecule has 9 rings (SSSR count). The van der Waals surface area contributed by atoms with Gasteiger partial charge in [-0.05, 0) is 157 Å². The molecule has 0 heterocycles. The zero-order valence-electron chi connectivity index (χ0n) is 49.7. The molecule has 78 heavy (non-hydrogen) atoms. The van der Waals surface area contributed by atoms with Gasteiger partial charge in [0.15, 0.2) is 0 Å². The van der Waals surface area contributed by atoms with Crippen molar-refractivity contribution < 1.29 is 10.0 Å². The van der Waals surface area contributed by atoms with E-state index >= 15 is 0 Å². The lowest BCUT2D eigenvalue weighted by Crippen LogP contribution is -2.32. The van der Waals surface area contributed by atoms with Gasteiger partial charge in [0.2, 0.25) is 0 Å². The van der Waals surface area contributed by atoms with E-state index in [1.165, 1.54) is 247 Å². The monoisotopic (exact) mass is 1040 g/mol. The fraction of sp³-hybridized carbons (Fsp3) is 0.520. The molecule has 0 atom stereocenters. The smallest absolute Gasteiger partial charge is 0.423 e. The predicted octanol–water partition coefficient (Wildman–Crippen LogP) is 21.3. The summed E-state index contributed by atoms with van der Waals surface area (Å²) in [5, 5.41) is 21.1. The van der Waals surface area contributed by atoms with Crippen molar-refractivity contribution in [2.45, 2.75) is 250 Å². The van der Waals surface area contributed by atoms with Crippen LogP contribution in [0.2, 0.25) is 0 Å². The van der Waals surface area contributed by atoms with Crippen molar-refractivity contribution in [1.82, 2.24) is 0 Å². The minimum absolute atomic E-state index is 0.0596. The van der Waals surface area contributed by atoms with Crippen LogP contribution in [0.25, 0.3) is 55.6 Å². The normalized spacial score (nSPS) is 14.7. The lowest BCUT2D eigenvalue weighted by Gasteiger charge is -2.34. The summed E-state index contributed by atoms with van der Waals surface area (Å²) in [6.45, 7) is 14.0. The molecule has 0 saturated heterocycles. The van der Waals surface area contributed by atoms with Crippen LogP contribution in [-0.2, 0) is 16.2 Å². The maximum absolute atomic E-state index is 10.6. The second-order valence-electron chi connectivity index (χ2n) is 24.9. The van der Waals surface area contributed by atoms with E-state index in [4.69, 9.17) is 0 Å². The zero-order chi connectivity index (χ0) is 54.5. The van der Waals surface area contributed by atoms with Crippen LogP contribution < -0.4 is 5.46 Å². The Labute approximate surface area is 474 Å². The van der Waals surface area contributed by atoms with Gasteiger partial charge >= 0.3 is 7.12 Å². The Morgan fingerprint density at radius 1 is 0.269 bits per heavy atom. The molecule has 6 aromatic rings. The summed E-state index contributed by atoms with van der Waals surface area (Å²) in [5.74, 6) is 0. The first-order valence-electron chi connectivity index (χ1n) is 32.4. The van der Waals surface area contributed by atoms with Gasteiger partial charge < -0.3 is 10.0 Å². The van der Waals surface area contributed by atoms with Gasteiger partial charge in [-0.15, -0.1) is 0 Å². The summed E-state index contributed by atoms with van der Waals surface area (Å²) < 4.78 is 0. The van der Waals surface area contributed by atoms with Gasteiger partial charge in [-0.2, -0.15) is 0 Å². The standard InChI is InChI=1S/C75H99BO2/c1-7-13-19-27-45-73(46-28-20-14-8-2)67-34-26-25-33-61(67)62-40-35-56(51-68(62)73)57-36-41-63-64-42-37-58(53-70(64)74(69(63)52-57,47-29-21-15-9-3)48-30-22-16-10-4)59-38-43-65-66-44-39-60(76(77)78)55-72(66)75(71(65)54-59,49-31-23-17-11-5)50-32-24-18-12-6/h25-26,33-44,51-55,77-78H,7-24,27-32,45-50H2,1-6H3. The third kappa shape index (κ3) is 11.7. The molecular formula is C75H99BO2. The average molecular weight is 1040 g/mol. The Morgan fingerprint density at radius 3 is 0.821 bits per heavy atom. The van der Waals surface area contributed by atoms with Crippen LogP contribution >= 0.6 is 0 Å². The Bertz CT molecular complexity index is 2870. The molecule has 0 aliphatic heterocycles. The largest absolute Gasteiger partial charge is 0.488 e. The first kappa shape index (κ1) is 58.0. The zero-order valence-corrected chi connectivity index (χ0v) is 49.7. The summed E-state index contributed by atoms with van der Waals surface area (Å²) in [6, 6.07) is 46.2. The molecule has 0 saturated carbocycles. The topological polar surface area (TPSA) is 40.5 Å². The van der Waals surface area contributed by atoms with Gasteiger partial charge in [0.25, 0.3) is 0 Å². The Balaban J connectivity index is 1.16. The molecule has 3 heteroatoms. The van der Waals surface area contributed by atoms with Gasteiger partial charge in [-0.25, -0.2) is 0 Å². The van der Waals surface area contributed by atoms with Crippen LogP contribution in [0.1, 0.15) is 268 Å². The van der Waals surface area contributed by atoms with Crippen LogP contribution in [0.5, 0.6) is 0 Å². The molecule has 0 unspecified atom stereocenters. The molecule has 0 aromatic heterocycles. The number of hydrogen-bond donors (Lipinski definition) is 2. The van der Waals surface area contributed by atoms with E-state index < -0.39 is 7.12 Å². The molecule has 0 bridgehead atoms. The van der Waals surface area contributed by atoms with Crippen LogP contribution in [0.3, 0.4) is 0 Å². The minimum atomic E-state index is -1.48. The quantitative estimate of drug-likeness (QED) is 0.0319. The first-order valence-corrected chi connectivity index (χ1v) is 32.4. The van der Waals surface area contributed by atoms with E-state index in [2.05, 4.69) is 151 Å². The molecule has 6 aromatic carbocycles. The highest BCUT2D eigenvalue weighted by Gasteiger charge is 2.46. The molecule has 0 fully saturated rings. The van der Waals surface area contributed by atoms with Gasteiger partial charge in [0.05, 0.1) is 0 Å². The van der Waals surface area contributed by atoms with Crippen LogP contribution in [0.15, 0.2) is 115 Å². The summed E-state index contributed by atoms with van der Waals surface area (Å²) in [7, 11) is -1.48. The fourth-order valence-corrected chi connectivity index (χ4v) is 15.5. The maximum atomic E-state index is 10.6. The van der Waals surface area contributed by atoms with E-state index in [9.17, 15) is 10.0 Å². The number of fused-ring (bicyclic) bond motifs is 9. The molecule has 2 nitrogen and oxygen atoms in total. The van der Waals surface area contributed by atoms with Crippen molar-refractivity contribution in [3.05, 3.63) is 149 Å². The Kier molecular flexibility index (Phi) is 20.2. The molecule has 414 valence electrons. The van der Waals surface area contributed by atoms with Gasteiger partial charge in [-0.1, -0.05) is 287 Å². The third-order valence-corrected chi connectivity index (χ3v) is 19.7. The molecule has 0 amide bonds. The Morgan fingerprint density at radius 2 is 0.526 bits per heavy atom. The van der Waals surface area contributed by atoms with Crippen molar-refractivity contribution in [2.24, 2.45) is 0 Å². The summed E-state index contributed by atoms with van der Waals surface area (Å²) in [5.41, 5.74) is 23.3. The van der Waals surface area contributed by atoms with Gasteiger partial charge in [0, 0.05) is 16.2 Å². The maximum Gasteiger partial charge on any atom is 0.488 e. The number of hydrogen-bond acceptors (Lipinski definition) is 2. The molecular weight excluding hydrogens is 944 g/mol. The van der Waals surface area contributed by atoms with Crippen LogP contribution in [0.4, 0.5) is 0 Å². The second-order valence-corrected chi connectivity index (χ2v) is 24.9. The number of benzene rings is 6. The highest BCUT2D eigenvalue weighted by molar-refractivity contribution is 6.58. The van der Waals surface area contributed by atoms with Crippen molar-refractivity contribution in [2.75, 3.05) is 0 Å². The van der Waals surface area contributed by atoms with E-state index in [1.54, 1.807) is 22.3 Å². The molecule has 0 radical (unpaired) electrons. The number of unbranched alkanes of at least 4 members (excludes halogenated alkanes) is 18. The van der Waals surface area contributed by atoms with Crippen LogP contribution in [-0.4, -0.2) is 17.2 Å². The van der Waals surface area contributed by atoms with Crippen molar-refractivity contribution in [1.29, 1.82) is 0 Å². The number of rotatable bonds is 33. The second kappa shape index (κ2) is 27.2. The average Bonchev–Trinajstić information content (AvgIpc) is 4.25. The van der Waals surface area contributed by atoms with Gasteiger partial charge in [0.1, 0.15) is 0 Å². The SMILES string of the molecule is CCCCCCC1(CCCCCC)c2ccccc2-c2ccc(-c3ccc4c(c3)C(CCCCCC)(CCCCCC)c3cc(-c5ccc6c(c5)C(CCCCCC)(CCCCCC)c5cc(B(O)O)ccc5-6)ccc3-4)cc21. The molecule has 0 spiro atoms. The van der Waals surface area contributed by atoms with Crippen molar-refractivity contribution in [3.63, 3.8) is 0 Å². The van der Waals surface area contributed by atoms with Crippen molar-refractivity contribution in [3.8, 4) is 55.6 Å². The van der Waals surface area contributed by atoms with E-state index in [0.29, 0.717) is 5.46 Å².